The Morgan fingerprint density at radius 3 is 1.89 bits per heavy atom. The normalized spacial score (nSPS) is 13.2. The highest BCUT2D eigenvalue weighted by atomic mass is 32.1. The summed E-state index contributed by atoms with van der Waals surface area (Å²) in [5.41, 5.74) is 9.32. The van der Waals surface area contributed by atoms with Crippen molar-refractivity contribution in [2.45, 2.75) is 19.3 Å². The highest BCUT2D eigenvalue weighted by Crippen LogP contribution is 2.53. The molecule has 3 heterocycles. The zero-order chi connectivity index (χ0) is 31.5. The maximum absolute atomic E-state index is 6.74. The molecule has 2 aromatic heterocycles. The number of benzene rings is 6. The van der Waals surface area contributed by atoms with E-state index in [0.29, 0.717) is 5.82 Å². The first kappa shape index (κ1) is 27.7. The average molecular weight is 623 g/mol. The SMILES string of the molecule is CC1(C)c2cc(-c3cccc(-c4nc(-c5ccccc5)cc(-c5ccccc5)n4)c3)ccc2Oc2c1ccc1c2sc2ccccc21. The molecule has 0 unspecified atom stereocenters. The van der Waals surface area contributed by atoms with Crippen molar-refractivity contribution >= 4 is 31.5 Å². The molecule has 0 atom stereocenters. The van der Waals surface area contributed by atoms with Crippen molar-refractivity contribution in [3.8, 4) is 56.5 Å². The molecule has 0 bridgehead atoms. The fraction of sp³-hybridized carbons (Fsp3) is 0.0698. The molecular weight excluding hydrogens is 593 g/mol. The van der Waals surface area contributed by atoms with Crippen molar-refractivity contribution in [1.82, 2.24) is 9.97 Å². The Morgan fingerprint density at radius 1 is 0.511 bits per heavy atom. The minimum Gasteiger partial charge on any atom is -0.455 e. The van der Waals surface area contributed by atoms with Crippen LogP contribution in [0.5, 0.6) is 11.5 Å². The Morgan fingerprint density at radius 2 is 1.15 bits per heavy atom. The van der Waals surface area contributed by atoms with Crippen LogP contribution in [0.4, 0.5) is 0 Å². The van der Waals surface area contributed by atoms with Gasteiger partial charge in [-0.3, -0.25) is 0 Å². The lowest BCUT2D eigenvalue weighted by Crippen LogP contribution is -2.24. The van der Waals surface area contributed by atoms with E-state index < -0.39 is 0 Å². The van der Waals surface area contributed by atoms with Crippen LogP contribution in [0.1, 0.15) is 25.0 Å². The second kappa shape index (κ2) is 10.8. The zero-order valence-corrected chi connectivity index (χ0v) is 26.9. The van der Waals surface area contributed by atoms with Gasteiger partial charge in [0.1, 0.15) is 11.5 Å². The largest absolute Gasteiger partial charge is 0.455 e. The van der Waals surface area contributed by atoms with Gasteiger partial charge >= 0.3 is 0 Å². The van der Waals surface area contributed by atoms with Gasteiger partial charge in [-0.2, -0.15) is 0 Å². The van der Waals surface area contributed by atoms with Crippen LogP contribution in [0.3, 0.4) is 0 Å². The summed E-state index contributed by atoms with van der Waals surface area (Å²) in [6, 6.07) is 51.0. The Labute approximate surface area is 277 Å². The van der Waals surface area contributed by atoms with E-state index in [-0.39, 0.29) is 5.41 Å². The van der Waals surface area contributed by atoms with Gasteiger partial charge in [0.2, 0.25) is 0 Å². The summed E-state index contributed by atoms with van der Waals surface area (Å²) in [4.78, 5) is 10.1. The van der Waals surface area contributed by atoms with E-state index in [4.69, 9.17) is 14.7 Å². The molecule has 0 saturated heterocycles. The van der Waals surface area contributed by atoms with Gasteiger partial charge in [-0.1, -0.05) is 129 Å². The van der Waals surface area contributed by atoms with Crippen molar-refractivity contribution in [2.75, 3.05) is 0 Å². The van der Waals surface area contributed by atoms with Crippen molar-refractivity contribution in [2.24, 2.45) is 0 Å². The minimum atomic E-state index is -0.237. The van der Waals surface area contributed by atoms with Gasteiger partial charge in [0.25, 0.3) is 0 Å². The van der Waals surface area contributed by atoms with Gasteiger partial charge in [-0.25, -0.2) is 9.97 Å². The van der Waals surface area contributed by atoms with Crippen molar-refractivity contribution in [1.29, 1.82) is 0 Å². The monoisotopic (exact) mass is 622 g/mol. The quantitative estimate of drug-likeness (QED) is 0.196. The van der Waals surface area contributed by atoms with Crippen LogP contribution in [0, 0.1) is 0 Å². The Kier molecular flexibility index (Phi) is 6.34. The van der Waals surface area contributed by atoms with Crippen LogP contribution < -0.4 is 4.74 Å². The van der Waals surface area contributed by atoms with Crippen LogP contribution in [-0.4, -0.2) is 9.97 Å². The average Bonchev–Trinajstić information content (AvgIpc) is 3.52. The molecule has 1 aliphatic heterocycles. The van der Waals surface area contributed by atoms with Crippen LogP contribution in [-0.2, 0) is 5.41 Å². The van der Waals surface area contributed by atoms with Gasteiger partial charge in [0, 0.05) is 48.7 Å². The number of nitrogens with zero attached hydrogens (tertiary/aromatic N) is 2. The van der Waals surface area contributed by atoms with E-state index in [0.717, 1.165) is 50.7 Å². The van der Waals surface area contributed by atoms with Gasteiger partial charge in [0.05, 0.1) is 16.1 Å². The smallest absolute Gasteiger partial charge is 0.160 e. The molecule has 47 heavy (non-hydrogen) atoms. The number of ether oxygens (including phenoxy) is 1. The van der Waals surface area contributed by atoms with Gasteiger partial charge in [-0.05, 0) is 41.5 Å². The Hall–Kier alpha value is -5.58. The Balaban J connectivity index is 1.13. The molecular formula is C43H30N2OS. The van der Waals surface area contributed by atoms with Crippen molar-refractivity contribution < 1.29 is 4.74 Å². The molecule has 0 aliphatic carbocycles. The number of thiophene rings is 1. The number of hydrogen-bond donors (Lipinski definition) is 0. The van der Waals surface area contributed by atoms with Crippen molar-refractivity contribution in [3.63, 3.8) is 0 Å². The zero-order valence-electron chi connectivity index (χ0n) is 26.1. The second-order valence-corrected chi connectivity index (χ2v) is 13.7. The van der Waals surface area contributed by atoms with Crippen LogP contribution in [0.15, 0.2) is 146 Å². The molecule has 0 N–H and O–H groups in total. The molecule has 8 aromatic rings. The fourth-order valence-corrected chi connectivity index (χ4v) is 8.01. The first-order valence-corrected chi connectivity index (χ1v) is 16.7. The van der Waals surface area contributed by atoms with E-state index in [2.05, 4.69) is 123 Å². The van der Waals surface area contributed by atoms with E-state index in [1.54, 1.807) is 0 Å². The summed E-state index contributed by atoms with van der Waals surface area (Å²) in [7, 11) is 0. The van der Waals surface area contributed by atoms with Gasteiger partial charge < -0.3 is 4.74 Å². The van der Waals surface area contributed by atoms with Crippen molar-refractivity contribution in [3.05, 3.63) is 157 Å². The highest BCUT2D eigenvalue weighted by Gasteiger charge is 2.36. The molecule has 0 radical (unpaired) electrons. The molecule has 6 aromatic carbocycles. The molecule has 9 rings (SSSR count). The summed E-state index contributed by atoms with van der Waals surface area (Å²) >= 11 is 1.81. The predicted octanol–water partition coefficient (Wildman–Crippen LogP) is 11.9. The van der Waals surface area contributed by atoms with E-state index >= 15 is 0 Å². The van der Waals surface area contributed by atoms with Crippen LogP contribution in [0.2, 0.25) is 0 Å². The second-order valence-electron chi connectivity index (χ2n) is 12.6. The highest BCUT2D eigenvalue weighted by molar-refractivity contribution is 7.26. The number of aromatic nitrogens is 2. The van der Waals surface area contributed by atoms with E-state index in [9.17, 15) is 0 Å². The molecule has 1 aliphatic rings. The maximum Gasteiger partial charge on any atom is 0.160 e. The summed E-state index contributed by atoms with van der Waals surface area (Å²) in [5.74, 6) is 2.61. The molecule has 3 nitrogen and oxygen atoms in total. The molecule has 224 valence electrons. The minimum absolute atomic E-state index is 0.237. The first-order chi connectivity index (χ1) is 23.0. The summed E-state index contributed by atoms with van der Waals surface area (Å²) in [6.07, 6.45) is 0. The van der Waals surface area contributed by atoms with E-state index in [1.165, 1.54) is 31.3 Å². The topological polar surface area (TPSA) is 35.0 Å². The third kappa shape index (κ3) is 4.64. The number of hydrogen-bond acceptors (Lipinski definition) is 4. The maximum atomic E-state index is 6.74. The van der Waals surface area contributed by atoms with Gasteiger partial charge in [-0.15, -0.1) is 11.3 Å². The summed E-state index contributed by atoms with van der Waals surface area (Å²) in [5, 5.41) is 2.54. The Bertz CT molecular complexity index is 2410. The number of fused-ring (bicyclic) bond motifs is 6. The lowest BCUT2D eigenvalue weighted by Gasteiger charge is -2.35. The first-order valence-electron chi connectivity index (χ1n) is 15.9. The standard InChI is InChI=1S/C43H30N2OS/c1-43(2)34-22-21-33-32-18-9-10-19-39(32)47-41(33)40(34)46-38-23-20-30(25-35(38)43)29-16-11-17-31(24-29)42-44-36(27-12-5-3-6-13-27)26-37(45-42)28-14-7-4-8-15-28/h3-26H,1-2H3. The molecule has 0 spiro atoms. The van der Waals surface area contributed by atoms with Crippen LogP contribution >= 0.6 is 11.3 Å². The molecule has 0 saturated carbocycles. The predicted molar refractivity (Wildman–Crippen MR) is 195 cm³/mol. The third-order valence-electron chi connectivity index (χ3n) is 9.36. The molecule has 4 heteroatoms. The molecule has 0 amide bonds. The fourth-order valence-electron chi connectivity index (χ4n) is 6.83. The summed E-state index contributed by atoms with van der Waals surface area (Å²) < 4.78 is 9.24. The number of rotatable bonds is 4. The lowest BCUT2D eigenvalue weighted by molar-refractivity contribution is 0.424. The molecule has 0 fully saturated rings. The van der Waals surface area contributed by atoms with Gasteiger partial charge in [0.15, 0.2) is 5.82 Å². The lowest BCUT2D eigenvalue weighted by atomic mass is 9.75. The van der Waals surface area contributed by atoms with E-state index in [1.807, 2.05) is 47.7 Å². The summed E-state index contributed by atoms with van der Waals surface area (Å²) in [6.45, 7) is 4.61. The third-order valence-corrected chi connectivity index (χ3v) is 10.5. The van der Waals surface area contributed by atoms with Crippen LogP contribution in [0.25, 0.3) is 65.2 Å².